The Kier molecular flexibility index (Phi) is 3.18. The molecule has 0 spiro atoms. The van der Waals surface area contributed by atoms with E-state index in [4.69, 9.17) is 0 Å². The third kappa shape index (κ3) is 2.13. The van der Waals surface area contributed by atoms with E-state index in [0.717, 1.165) is 6.42 Å². The van der Waals surface area contributed by atoms with Crippen LogP contribution in [-0.4, -0.2) is 34.6 Å². The van der Waals surface area contributed by atoms with Gasteiger partial charge < -0.3 is 15.7 Å². The van der Waals surface area contributed by atoms with Gasteiger partial charge in [0.25, 0.3) is 5.91 Å². The Labute approximate surface area is 104 Å². The Morgan fingerprint density at radius 1 is 1.44 bits per heavy atom. The van der Waals surface area contributed by atoms with Crippen LogP contribution in [0.15, 0.2) is 18.3 Å². The fourth-order valence-electron chi connectivity index (χ4n) is 1.96. The van der Waals surface area contributed by atoms with E-state index in [9.17, 15) is 14.7 Å². The summed E-state index contributed by atoms with van der Waals surface area (Å²) in [6.45, 7) is 0. The smallest absolute Gasteiger partial charge is 0.329 e. The Balaban J connectivity index is 2.19. The predicted octanol–water partition coefficient (Wildman–Crippen LogP) is 0.860. The van der Waals surface area contributed by atoms with Gasteiger partial charge in [-0.25, -0.2) is 4.79 Å². The molecule has 1 aromatic rings. The summed E-state index contributed by atoms with van der Waals surface area (Å²) in [5, 5.41) is 14.7. The molecule has 6 nitrogen and oxygen atoms in total. The van der Waals surface area contributed by atoms with Gasteiger partial charge in [-0.2, -0.15) is 0 Å². The highest BCUT2D eigenvalue weighted by atomic mass is 16.4. The average Bonchev–Trinajstić information content (AvgIpc) is 2.32. The number of carboxylic acids is 1. The average molecular weight is 249 g/mol. The van der Waals surface area contributed by atoms with Crippen LogP contribution >= 0.6 is 0 Å². The molecule has 0 unspecified atom stereocenters. The van der Waals surface area contributed by atoms with Gasteiger partial charge in [-0.15, -0.1) is 0 Å². The van der Waals surface area contributed by atoms with Crippen molar-refractivity contribution < 1.29 is 14.7 Å². The maximum Gasteiger partial charge on any atom is 0.329 e. The SMILES string of the molecule is CNC(=O)c1cc(NC2(C(=O)O)CCC2)ccn1. The van der Waals surface area contributed by atoms with E-state index in [2.05, 4.69) is 15.6 Å². The summed E-state index contributed by atoms with van der Waals surface area (Å²) in [6, 6.07) is 3.22. The van der Waals surface area contributed by atoms with Crippen LogP contribution in [0.2, 0.25) is 0 Å². The third-order valence-corrected chi connectivity index (χ3v) is 3.22. The molecule has 0 aromatic carbocycles. The van der Waals surface area contributed by atoms with Crippen LogP contribution < -0.4 is 10.6 Å². The van der Waals surface area contributed by atoms with Crippen molar-refractivity contribution in [2.75, 3.05) is 12.4 Å². The van der Waals surface area contributed by atoms with E-state index in [1.807, 2.05) is 0 Å². The minimum atomic E-state index is -0.888. The summed E-state index contributed by atoms with van der Waals surface area (Å²) in [5.41, 5.74) is -0.0190. The molecular formula is C12H15N3O3. The highest BCUT2D eigenvalue weighted by Crippen LogP contribution is 2.35. The summed E-state index contributed by atoms with van der Waals surface area (Å²) in [5.74, 6) is -1.15. The molecule has 0 aliphatic heterocycles. The number of carbonyl (C=O) groups excluding carboxylic acids is 1. The second kappa shape index (κ2) is 4.64. The van der Waals surface area contributed by atoms with Crippen molar-refractivity contribution in [2.24, 2.45) is 0 Å². The molecule has 1 amide bonds. The quantitative estimate of drug-likeness (QED) is 0.736. The van der Waals surface area contributed by atoms with Crippen LogP contribution in [0.3, 0.4) is 0 Å². The molecule has 0 saturated heterocycles. The Bertz CT molecular complexity index is 483. The van der Waals surface area contributed by atoms with E-state index < -0.39 is 11.5 Å². The standard InChI is InChI=1S/C12H15N3O3/c1-13-10(16)9-7-8(3-6-14-9)15-12(11(17)18)4-2-5-12/h3,6-7H,2,4-5H2,1H3,(H,13,16)(H,14,15)(H,17,18). The number of rotatable bonds is 4. The number of carbonyl (C=O) groups is 2. The molecule has 96 valence electrons. The van der Waals surface area contributed by atoms with E-state index in [1.54, 1.807) is 12.1 Å². The number of nitrogens with one attached hydrogen (secondary N) is 2. The van der Waals surface area contributed by atoms with Crippen molar-refractivity contribution in [1.82, 2.24) is 10.3 Å². The van der Waals surface area contributed by atoms with E-state index in [-0.39, 0.29) is 11.6 Å². The van der Waals surface area contributed by atoms with Gasteiger partial charge in [0.1, 0.15) is 11.2 Å². The zero-order valence-electron chi connectivity index (χ0n) is 10.1. The summed E-state index contributed by atoms with van der Waals surface area (Å²) >= 11 is 0. The van der Waals surface area contributed by atoms with Gasteiger partial charge in [0.15, 0.2) is 0 Å². The molecule has 6 heteroatoms. The van der Waals surface area contributed by atoms with Crippen molar-refractivity contribution in [1.29, 1.82) is 0 Å². The number of pyridine rings is 1. The first-order valence-electron chi connectivity index (χ1n) is 5.77. The lowest BCUT2D eigenvalue weighted by atomic mass is 9.76. The van der Waals surface area contributed by atoms with Crippen LogP contribution in [0.1, 0.15) is 29.8 Å². The zero-order valence-corrected chi connectivity index (χ0v) is 10.1. The number of anilines is 1. The van der Waals surface area contributed by atoms with Crippen LogP contribution in [-0.2, 0) is 4.79 Å². The monoisotopic (exact) mass is 249 g/mol. The van der Waals surface area contributed by atoms with Crippen molar-refractivity contribution in [2.45, 2.75) is 24.8 Å². The van der Waals surface area contributed by atoms with Crippen LogP contribution in [0.25, 0.3) is 0 Å². The molecule has 0 atom stereocenters. The molecule has 0 bridgehead atoms. The molecule has 1 heterocycles. The van der Waals surface area contributed by atoms with Gasteiger partial charge in [-0.3, -0.25) is 9.78 Å². The van der Waals surface area contributed by atoms with Crippen LogP contribution in [0, 0.1) is 0 Å². The van der Waals surface area contributed by atoms with Crippen molar-refractivity contribution >= 4 is 17.6 Å². The van der Waals surface area contributed by atoms with Gasteiger partial charge in [0.05, 0.1) is 0 Å². The fraction of sp³-hybridized carbons (Fsp3) is 0.417. The van der Waals surface area contributed by atoms with Gasteiger partial charge in [0.2, 0.25) is 0 Å². The Morgan fingerprint density at radius 2 is 2.17 bits per heavy atom. The first-order valence-corrected chi connectivity index (χ1v) is 5.77. The van der Waals surface area contributed by atoms with Gasteiger partial charge in [-0.05, 0) is 31.4 Å². The first kappa shape index (κ1) is 12.3. The Hall–Kier alpha value is -2.11. The number of carboxylic acid groups (broad SMARTS) is 1. The minimum absolute atomic E-state index is 0.266. The molecule has 1 aliphatic carbocycles. The molecule has 1 aliphatic rings. The number of aromatic nitrogens is 1. The van der Waals surface area contributed by atoms with Crippen LogP contribution in [0.5, 0.6) is 0 Å². The first-order chi connectivity index (χ1) is 8.57. The van der Waals surface area contributed by atoms with Gasteiger partial charge in [-0.1, -0.05) is 0 Å². The maximum atomic E-state index is 11.4. The van der Waals surface area contributed by atoms with Gasteiger partial charge in [0, 0.05) is 18.9 Å². The van der Waals surface area contributed by atoms with Crippen LogP contribution in [0.4, 0.5) is 5.69 Å². The minimum Gasteiger partial charge on any atom is -0.480 e. The largest absolute Gasteiger partial charge is 0.480 e. The second-order valence-corrected chi connectivity index (χ2v) is 4.37. The normalized spacial score (nSPS) is 16.5. The molecule has 0 radical (unpaired) electrons. The molecule has 3 N–H and O–H groups in total. The highest BCUT2D eigenvalue weighted by Gasteiger charge is 2.44. The maximum absolute atomic E-state index is 11.4. The number of hydrogen-bond acceptors (Lipinski definition) is 4. The molecular weight excluding hydrogens is 234 g/mol. The van der Waals surface area contributed by atoms with E-state index in [1.165, 1.54) is 13.2 Å². The van der Waals surface area contributed by atoms with E-state index in [0.29, 0.717) is 18.5 Å². The lowest BCUT2D eigenvalue weighted by molar-refractivity contribution is -0.145. The molecule has 1 fully saturated rings. The molecule has 1 saturated carbocycles. The molecule has 1 aromatic heterocycles. The third-order valence-electron chi connectivity index (χ3n) is 3.22. The number of nitrogens with zero attached hydrogens (tertiary/aromatic N) is 1. The summed E-state index contributed by atoms with van der Waals surface area (Å²) in [4.78, 5) is 26.6. The zero-order chi connectivity index (χ0) is 13.2. The lowest BCUT2D eigenvalue weighted by Gasteiger charge is -2.39. The Morgan fingerprint density at radius 3 is 2.67 bits per heavy atom. The highest BCUT2D eigenvalue weighted by molar-refractivity contribution is 5.93. The summed E-state index contributed by atoms with van der Waals surface area (Å²) < 4.78 is 0. The molecule has 2 rings (SSSR count). The number of aliphatic carboxylic acids is 1. The van der Waals surface area contributed by atoms with Crippen molar-refractivity contribution in [3.63, 3.8) is 0 Å². The predicted molar refractivity (Wildman–Crippen MR) is 65.5 cm³/mol. The second-order valence-electron chi connectivity index (χ2n) is 4.37. The number of amides is 1. The van der Waals surface area contributed by atoms with Crippen molar-refractivity contribution in [3.05, 3.63) is 24.0 Å². The molecule has 18 heavy (non-hydrogen) atoms. The summed E-state index contributed by atoms with van der Waals surface area (Å²) in [7, 11) is 1.52. The fourth-order valence-corrected chi connectivity index (χ4v) is 1.96. The van der Waals surface area contributed by atoms with E-state index >= 15 is 0 Å². The van der Waals surface area contributed by atoms with Gasteiger partial charge >= 0.3 is 5.97 Å². The topological polar surface area (TPSA) is 91.3 Å². The van der Waals surface area contributed by atoms with Crippen molar-refractivity contribution in [3.8, 4) is 0 Å². The lowest BCUT2D eigenvalue weighted by Crippen LogP contribution is -2.52. The summed E-state index contributed by atoms with van der Waals surface area (Å²) in [6.07, 6.45) is 3.58. The number of hydrogen-bond donors (Lipinski definition) is 3.